The van der Waals surface area contributed by atoms with Crippen LogP contribution in [0.2, 0.25) is 5.02 Å². The highest BCUT2D eigenvalue weighted by Gasteiger charge is 2.23. The summed E-state index contributed by atoms with van der Waals surface area (Å²) in [5.74, 6) is -0.813. The molecule has 3 aromatic carbocycles. The van der Waals surface area contributed by atoms with Crippen LogP contribution in [-0.4, -0.2) is 16.1 Å². The molecular formula is C25H20ClNO2S. The van der Waals surface area contributed by atoms with Crippen LogP contribution in [-0.2, 0) is 17.6 Å². The van der Waals surface area contributed by atoms with E-state index in [0.29, 0.717) is 5.02 Å². The van der Waals surface area contributed by atoms with Crippen LogP contribution in [0.25, 0.3) is 11.3 Å². The van der Waals surface area contributed by atoms with E-state index in [1.165, 1.54) is 22.5 Å². The van der Waals surface area contributed by atoms with Gasteiger partial charge in [-0.1, -0.05) is 84.4 Å². The SMILES string of the molecule is O=C(O)Cc1sc(C(Cc2ccccc2)c2ccccc2)nc1-c1ccc(Cl)cc1. The number of halogens is 1. The summed E-state index contributed by atoms with van der Waals surface area (Å²) in [7, 11) is 0. The average Bonchev–Trinajstić information content (AvgIpc) is 3.16. The minimum atomic E-state index is -0.861. The second kappa shape index (κ2) is 9.24. The van der Waals surface area contributed by atoms with Gasteiger partial charge in [-0.3, -0.25) is 4.79 Å². The Morgan fingerprint density at radius 2 is 1.57 bits per heavy atom. The van der Waals surface area contributed by atoms with Gasteiger partial charge in [0.05, 0.1) is 12.1 Å². The molecule has 3 nitrogen and oxygen atoms in total. The van der Waals surface area contributed by atoms with Crippen molar-refractivity contribution in [2.45, 2.75) is 18.8 Å². The van der Waals surface area contributed by atoms with Gasteiger partial charge in [0.2, 0.25) is 0 Å². The number of carboxylic acids is 1. The normalized spacial score (nSPS) is 11.9. The predicted molar refractivity (Wildman–Crippen MR) is 122 cm³/mol. The first kappa shape index (κ1) is 20.3. The zero-order valence-corrected chi connectivity index (χ0v) is 17.7. The highest BCUT2D eigenvalue weighted by molar-refractivity contribution is 7.12. The van der Waals surface area contributed by atoms with Crippen LogP contribution in [0.5, 0.6) is 0 Å². The lowest BCUT2D eigenvalue weighted by molar-refractivity contribution is -0.136. The lowest BCUT2D eigenvalue weighted by Gasteiger charge is -2.15. The molecule has 4 rings (SSSR count). The number of carbonyl (C=O) groups is 1. The maximum atomic E-state index is 11.5. The molecule has 0 bridgehead atoms. The lowest BCUT2D eigenvalue weighted by atomic mass is 9.92. The van der Waals surface area contributed by atoms with Crippen LogP contribution in [0, 0.1) is 0 Å². The maximum absolute atomic E-state index is 11.5. The zero-order valence-electron chi connectivity index (χ0n) is 16.2. The van der Waals surface area contributed by atoms with Crippen molar-refractivity contribution in [1.82, 2.24) is 4.98 Å². The fourth-order valence-electron chi connectivity index (χ4n) is 3.49. The first-order chi connectivity index (χ1) is 14.6. The fourth-order valence-corrected chi connectivity index (χ4v) is 4.83. The van der Waals surface area contributed by atoms with Gasteiger partial charge >= 0.3 is 5.97 Å². The summed E-state index contributed by atoms with van der Waals surface area (Å²) < 4.78 is 0. The number of aromatic nitrogens is 1. The predicted octanol–water partition coefficient (Wildman–Crippen LogP) is 6.47. The van der Waals surface area contributed by atoms with Crippen molar-refractivity contribution in [2.75, 3.05) is 0 Å². The molecule has 4 aromatic rings. The summed E-state index contributed by atoms with van der Waals surface area (Å²) in [6.07, 6.45) is 0.743. The van der Waals surface area contributed by atoms with Crippen LogP contribution in [0.4, 0.5) is 0 Å². The number of carboxylic acid groups (broad SMARTS) is 1. The van der Waals surface area contributed by atoms with Gasteiger partial charge in [0, 0.05) is 21.4 Å². The Morgan fingerprint density at radius 3 is 2.20 bits per heavy atom. The molecule has 0 aliphatic rings. The van der Waals surface area contributed by atoms with Crippen molar-refractivity contribution in [3.63, 3.8) is 0 Å². The zero-order chi connectivity index (χ0) is 20.9. The topological polar surface area (TPSA) is 50.2 Å². The summed E-state index contributed by atoms with van der Waals surface area (Å²) >= 11 is 7.52. The van der Waals surface area contributed by atoms with E-state index in [4.69, 9.17) is 16.6 Å². The van der Waals surface area contributed by atoms with E-state index in [-0.39, 0.29) is 12.3 Å². The van der Waals surface area contributed by atoms with E-state index in [0.717, 1.165) is 27.6 Å². The third kappa shape index (κ3) is 4.78. The Morgan fingerprint density at radius 1 is 0.933 bits per heavy atom. The van der Waals surface area contributed by atoms with Crippen molar-refractivity contribution < 1.29 is 9.90 Å². The Labute approximate surface area is 184 Å². The Bertz CT molecular complexity index is 1130. The summed E-state index contributed by atoms with van der Waals surface area (Å²) in [5.41, 5.74) is 3.99. The first-order valence-corrected chi connectivity index (χ1v) is 10.9. The van der Waals surface area contributed by atoms with E-state index >= 15 is 0 Å². The lowest BCUT2D eigenvalue weighted by Crippen LogP contribution is -2.05. The van der Waals surface area contributed by atoms with Gasteiger partial charge in [0.1, 0.15) is 5.01 Å². The number of rotatable bonds is 7. The third-order valence-corrected chi connectivity index (χ3v) is 6.35. The van der Waals surface area contributed by atoms with Crippen LogP contribution >= 0.6 is 22.9 Å². The summed E-state index contributed by atoms with van der Waals surface area (Å²) in [6, 6.07) is 28.0. The molecule has 0 spiro atoms. The average molecular weight is 434 g/mol. The number of nitrogens with zero attached hydrogens (tertiary/aromatic N) is 1. The van der Waals surface area contributed by atoms with Gasteiger partial charge < -0.3 is 5.11 Å². The van der Waals surface area contributed by atoms with Crippen molar-refractivity contribution >= 4 is 28.9 Å². The summed E-state index contributed by atoms with van der Waals surface area (Å²) in [5, 5.41) is 11.0. The molecule has 1 N–H and O–H groups in total. The molecule has 0 saturated carbocycles. The molecule has 1 unspecified atom stereocenters. The Balaban J connectivity index is 1.80. The largest absolute Gasteiger partial charge is 0.481 e. The van der Waals surface area contributed by atoms with Crippen LogP contribution < -0.4 is 0 Å². The van der Waals surface area contributed by atoms with Gasteiger partial charge in [-0.25, -0.2) is 4.98 Å². The van der Waals surface area contributed by atoms with Crippen LogP contribution in [0.1, 0.15) is 26.9 Å². The van der Waals surface area contributed by atoms with Crippen molar-refractivity contribution in [3.05, 3.63) is 111 Å². The molecule has 0 aliphatic heterocycles. The quantitative estimate of drug-likeness (QED) is 0.363. The monoisotopic (exact) mass is 433 g/mol. The molecule has 0 radical (unpaired) electrons. The van der Waals surface area contributed by atoms with E-state index < -0.39 is 5.97 Å². The van der Waals surface area contributed by atoms with E-state index in [9.17, 15) is 9.90 Å². The standard InChI is InChI=1S/C25H20ClNO2S/c26-20-13-11-19(12-14-20)24-22(16-23(28)29)30-25(27-24)21(18-9-5-2-6-10-18)15-17-7-3-1-4-8-17/h1-14,21H,15-16H2,(H,28,29). The fraction of sp³-hybridized carbons (Fsp3) is 0.120. The molecule has 5 heteroatoms. The second-order valence-electron chi connectivity index (χ2n) is 7.05. The number of benzene rings is 3. The summed E-state index contributed by atoms with van der Waals surface area (Å²) in [4.78, 5) is 17.2. The van der Waals surface area contributed by atoms with Gasteiger partial charge in [0.15, 0.2) is 0 Å². The number of hydrogen-bond donors (Lipinski definition) is 1. The van der Waals surface area contributed by atoms with Crippen molar-refractivity contribution in [1.29, 1.82) is 0 Å². The Hall–Kier alpha value is -2.95. The summed E-state index contributed by atoms with van der Waals surface area (Å²) in [6.45, 7) is 0. The van der Waals surface area contributed by atoms with Crippen molar-refractivity contribution in [2.24, 2.45) is 0 Å². The highest BCUT2D eigenvalue weighted by atomic mass is 35.5. The molecule has 0 aliphatic carbocycles. The number of hydrogen-bond acceptors (Lipinski definition) is 3. The van der Waals surface area contributed by atoms with E-state index in [1.54, 1.807) is 12.1 Å². The molecule has 150 valence electrons. The number of aliphatic carboxylic acids is 1. The smallest absolute Gasteiger partial charge is 0.308 e. The molecule has 1 aromatic heterocycles. The molecular weight excluding hydrogens is 414 g/mol. The second-order valence-corrected chi connectivity index (χ2v) is 8.61. The van der Waals surface area contributed by atoms with Gasteiger partial charge in [0.25, 0.3) is 0 Å². The van der Waals surface area contributed by atoms with Gasteiger partial charge in [-0.05, 0) is 29.7 Å². The molecule has 1 atom stereocenters. The molecule has 0 fully saturated rings. The van der Waals surface area contributed by atoms with E-state index in [2.05, 4.69) is 24.3 Å². The minimum Gasteiger partial charge on any atom is -0.481 e. The molecule has 30 heavy (non-hydrogen) atoms. The third-order valence-electron chi connectivity index (χ3n) is 4.93. The molecule has 0 saturated heterocycles. The van der Waals surface area contributed by atoms with Crippen LogP contribution in [0.15, 0.2) is 84.9 Å². The Kier molecular flexibility index (Phi) is 6.26. The molecule has 0 amide bonds. The van der Waals surface area contributed by atoms with Gasteiger partial charge in [-0.2, -0.15) is 0 Å². The first-order valence-electron chi connectivity index (χ1n) is 9.66. The number of thiazole rings is 1. The highest BCUT2D eigenvalue weighted by Crippen LogP contribution is 2.37. The van der Waals surface area contributed by atoms with Gasteiger partial charge in [-0.15, -0.1) is 11.3 Å². The molecule has 1 heterocycles. The van der Waals surface area contributed by atoms with Crippen LogP contribution in [0.3, 0.4) is 0 Å². The van der Waals surface area contributed by atoms with E-state index in [1.807, 2.05) is 48.5 Å². The minimum absolute atomic E-state index is 0.0483. The maximum Gasteiger partial charge on any atom is 0.308 e. The van der Waals surface area contributed by atoms with Crippen molar-refractivity contribution in [3.8, 4) is 11.3 Å².